The largest absolute Gasteiger partial charge is 0.573 e. The Morgan fingerprint density at radius 1 is 1.26 bits per heavy atom. The molecule has 1 aliphatic rings. The molecule has 0 aliphatic carbocycles. The monoisotopic (exact) mass is 512 g/mol. The number of halogens is 3. The van der Waals surface area contributed by atoms with Crippen LogP contribution in [0.15, 0.2) is 35.2 Å². The number of amides is 1. The molecule has 1 aromatic heterocycles. The third-order valence-electron chi connectivity index (χ3n) is 4.96. The number of sulfonamides is 1. The molecule has 1 aliphatic heterocycles. The van der Waals surface area contributed by atoms with Crippen LogP contribution < -0.4 is 14.4 Å². The molecular formula is C21H19F3N4O6S. The van der Waals surface area contributed by atoms with Crippen molar-refractivity contribution in [1.29, 1.82) is 5.26 Å². The Labute approximate surface area is 198 Å². The number of nitriles is 1. The number of benzene rings is 1. The van der Waals surface area contributed by atoms with Crippen LogP contribution in [-0.2, 0) is 19.6 Å². The number of pyridine rings is 1. The first kappa shape index (κ1) is 25.8. The Kier molecular flexibility index (Phi) is 7.20. The third-order valence-corrected chi connectivity index (χ3v) is 6.33. The number of anilines is 1. The van der Waals surface area contributed by atoms with E-state index in [-0.39, 0.29) is 36.6 Å². The van der Waals surface area contributed by atoms with Crippen molar-refractivity contribution < 1.29 is 40.7 Å². The van der Waals surface area contributed by atoms with Gasteiger partial charge in [-0.15, -0.1) is 13.2 Å². The summed E-state index contributed by atoms with van der Waals surface area (Å²) in [4.78, 5) is 29.9. The van der Waals surface area contributed by atoms with Crippen molar-refractivity contribution in [3.05, 3.63) is 47.2 Å². The highest BCUT2D eigenvalue weighted by molar-refractivity contribution is 7.90. The quantitative estimate of drug-likeness (QED) is 0.554. The minimum atomic E-state index is -4.93. The molecule has 2 aromatic rings. The molecule has 35 heavy (non-hydrogen) atoms. The lowest BCUT2D eigenvalue weighted by Gasteiger charge is -2.39. The van der Waals surface area contributed by atoms with Crippen molar-refractivity contribution in [3.8, 4) is 11.8 Å². The van der Waals surface area contributed by atoms with Gasteiger partial charge in [0, 0.05) is 13.1 Å². The fourth-order valence-electron chi connectivity index (χ4n) is 3.24. The summed E-state index contributed by atoms with van der Waals surface area (Å²) < 4.78 is 72.1. The Morgan fingerprint density at radius 2 is 1.89 bits per heavy atom. The molecule has 1 saturated heterocycles. The fraction of sp³-hybridized carbons (Fsp3) is 0.333. The van der Waals surface area contributed by atoms with E-state index in [1.54, 1.807) is 18.7 Å². The summed E-state index contributed by atoms with van der Waals surface area (Å²) in [5.74, 6) is -2.57. The smallest absolute Gasteiger partial charge is 0.462 e. The van der Waals surface area contributed by atoms with Crippen LogP contribution in [0.1, 0.15) is 28.5 Å². The maximum Gasteiger partial charge on any atom is 0.573 e. The maximum absolute atomic E-state index is 12.4. The number of nitrogens with one attached hydrogen (secondary N) is 1. The number of nitrogens with zero attached hydrogens (tertiary/aromatic N) is 3. The van der Waals surface area contributed by atoms with Gasteiger partial charge in [0.1, 0.15) is 17.6 Å². The number of carbonyl (C=O) groups excluding carboxylic acids is 2. The van der Waals surface area contributed by atoms with Gasteiger partial charge in [0.25, 0.3) is 10.0 Å². The van der Waals surface area contributed by atoms with Gasteiger partial charge in [-0.1, -0.05) is 0 Å². The van der Waals surface area contributed by atoms with Crippen molar-refractivity contribution in [2.45, 2.75) is 25.1 Å². The van der Waals surface area contributed by atoms with E-state index in [0.29, 0.717) is 5.69 Å². The summed E-state index contributed by atoms with van der Waals surface area (Å²) in [5, 5.41) is 9.45. The van der Waals surface area contributed by atoms with Crippen molar-refractivity contribution in [1.82, 2.24) is 9.71 Å². The van der Waals surface area contributed by atoms with E-state index >= 15 is 0 Å². The summed E-state index contributed by atoms with van der Waals surface area (Å²) >= 11 is 0. The van der Waals surface area contributed by atoms with E-state index in [1.807, 2.05) is 10.8 Å². The van der Waals surface area contributed by atoms with E-state index in [2.05, 4.69) is 9.72 Å². The van der Waals surface area contributed by atoms with Crippen LogP contribution in [0.3, 0.4) is 0 Å². The standard InChI is InChI=1S/C21H19F3N4O6S/c1-3-33-20(30)17-8-13(9-25)18(26-12(17)2)28-10-14(11-28)19(29)27-35(31,32)16-6-4-15(5-7-16)34-21(22,23)24/h4-8,14H,3,10-11H2,1-2H3,(H,27,29). The van der Waals surface area contributed by atoms with Gasteiger partial charge < -0.3 is 14.4 Å². The van der Waals surface area contributed by atoms with Crippen molar-refractivity contribution in [3.63, 3.8) is 0 Å². The van der Waals surface area contributed by atoms with Gasteiger partial charge in [0.2, 0.25) is 5.91 Å². The predicted octanol–water partition coefficient (Wildman–Crippen LogP) is 2.28. The van der Waals surface area contributed by atoms with Gasteiger partial charge in [-0.3, -0.25) is 4.79 Å². The fourth-order valence-corrected chi connectivity index (χ4v) is 4.29. The lowest BCUT2D eigenvalue weighted by molar-refractivity contribution is -0.274. The van der Waals surface area contributed by atoms with Crippen LogP contribution in [0.2, 0.25) is 0 Å². The van der Waals surface area contributed by atoms with Crippen LogP contribution in [0.4, 0.5) is 19.0 Å². The number of aromatic nitrogens is 1. The average molecular weight is 512 g/mol. The molecule has 1 N–H and O–H groups in total. The zero-order valence-electron chi connectivity index (χ0n) is 18.4. The molecule has 2 heterocycles. The second-order valence-electron chi connectivity index (χ2n) is 7.42. The number of aryl methyl sites for hydroxylation is 1. The molecule has 1 fully saturated rings. The Hall–Kier alpha value is -3.86. The first-order valence-electron chi connectivity index (χ1n) is 10.1. The summed E-state index contributed by atoms with van der Waals surface area (Å²) in [7, 11) is -4.34. The van der Waals surface area contributed by atoms with Crippen LogP contribution in [0.5, 0.6) is 5.75 Å². The van der Waals surface area contributed by atoms with Crippen LogP contribution in [-0.4, -0.2) is 51.3 Å². The van der Waals surface area contributed by atoms with E-state index in [4.69, 9.17) is 4.74 Å². The number of ether oxygens (including phenoxy) is 2. The predicted molar refractivity (Wildman–Crippen MR) is 114 cm³/mol. The number of alkyl halides is 3. The zero-order chi connectivity index (χ0) is 26.0. The number of rotatable bonds is 7. The van der Waals surface area contributed by atoms with Gasteiger partial charge >= 0.3 is 12.3 Å². The lowest BCUT2D eigenvalue weighted by atomic mass is 9.98. The van der Waals surface area contributed by atoms with Gasteiger partial charge in [0.05, 0.1) is 34.2 Å². The van der Waals surface area contributed by atoms with E-state index < -0.39 is 44.8 Å². The topological polar surface area (TPSA) is 139 Å². The normalized spacial score (nSPS) is 14.0. The zero-order valence-corrected chi connectivity index (χ0v) is 19.2. The molecule has 0 spiro atoms. The van der Waals surface area contributed by atoms with Gasteiger partial charge in [-0.2, -0.15) is 5.26 Å². The summed E-state index contributed by atoms with van der Waals surface area (Å²) in [5.41, 5.74) is 0.553. The maximum atomic E-state index is 12.4. The summed E-state index contributed by atoms with van der Waals surface area (Å²) in [6.45, 7) is 3.47. The third kappa shape index (κ3) is 5.99. The van der Waals surface area contributed by atoms with Crippen LogP contribution >= 0.6 is 0 Å². The van der Waals surface area contributed by atoms with Gasteiger partial charge in [-0.05, 0) is 44.2 Å². The van der Waals surface area contributed by atoms with E-state index in [9.17, 15) is 36.4 Å². The molecule has 1 amide bonds. The molecule has 10 nitrogen and oxygen atoms in total. The van der Waals surface area contributed by atoms with Crippen molar-refractivity contribution >= 4 is 27.7 Å². The second-order valence-corrected chi connectivity index (χ2v) is 9.10. The van der Waals surface area contributed by atoms with Crippen molar-refractivity contribution in [2.24, 2.45) is 5.92 Å². The Balaban J connectivity index is 1.66. The van der Waals surface area contributed by atoms with Gasteiger partial charge in [0.15, 0.2) is 0 Å². The number of hydrogen-bond donors (Lipinski definition) is 1. The van der Waals surface area contributed by atoms with E-state index in [0.717, 1.165) is 24.3 Å². The number of carbonyl (C=O) groups is 2. The highest BCUT2D eigenvalue weighted by Crippen LogP contribution is 2.29. The molecular weight excluding hydrogens is 493 g/mol. The Morgan fingerprint density at radius 3 is 2.43 bits per heavy atom. The molecule has 3 rings (SSSR count). The first-order valence-corrected chi connectivity index (χ1v) is 11.6. The number of hydrogen-bond acceptors (Lipinski definition) is 9. The molecule has 0 saturated carbocycles. The summed E-state index contributed by atoms with van der Waals surface area (Å²) in [6.07, 6.45) is -4.93. The van der Waals surface area contributed by atoms with Crippen LogP contribution in [0, 0.1) is 24.2 Å². The average Bonchev–Trinajstić information content (AvgIpc) is 2.72. The molecule has 0 radical (unpaired) electrons. The molecule has 0 bridgehead atoms. The first-order chi connectivity index (χ1) is 16.3. The molecule has 1 aromatic carbocycles. The summed E-state index contributed by atoms with van der Waals surface area (Å²) in [6, 6.07) is 6.67. The van der Waals surface area contributed by atoms with Crippen molar-refractivity contribution in [2.75, 3.05) is 24.6 Å². The molecule has 14 heteroatoms. The minimum Gasteiger partial charge on any atom is -0.462 e. The highest BCUT2D eigenvalue weighted by atomic mass is 32.2. The minimum absolute atomic E-state index is 0.0551. The Bertz CT molecular complexity index is 1280. The lowest BCUT2D eigenvalue weighted by Crippen LogP contribution is -2.55. The van der Waals surface area contributed by atoms with Crippen LogP contribution in [0.25, 0.3) is 0 Å². The number of esters is 1. The van der Waals surface area contributed by atoms with E-state index in [1.165, 1.54) is 6.07 Å². The highest BCUT2D eigenvalue weighted by Gasteiger charge is 2.37. The molecule has 0 unspecified atom stereocenters. The SMILES string of the molecule is CCOC(=O)c1cc(C#N)c(N2CC(C(=O)NS(=O)(=O)c3ccc(OC(F)(F)F)cc3)C2)nc1C. The molecule has 0 atom stereocenters. The van der Waals surface area contributed by atoms with Gasteiger partial charge in [-0.25, -0.2) is 22.9 Å². The second kappa shape index (κ2) is 9.79. The molecule has 186 valence electrons.